The zero-order chi connectivity index (χ0) is 13.7. The van der Waals surface area contributed by atoms with Crippen LogP contribution in [-0.2, 0) is 11.3 Å². The van der Waals surface area contributed by atoms with Gasteiger partial charge in [0, 0.05) is 6.54 Å². The summed E-state index contributed by atoms with van der Waals surface area (Å²) in [7, 11) is 0. The van der Waals surface area contributed by atoms with E-state index in [2.05, 4.69) is 40.1 Å². The van der Waals surface area contributed by atoms with E-state index in [1.165, 1.54) is 10.9 Å². The molecule has 0 aliphatic heterocycles. The van der Waals surface area contributed by atoms with Crippen LogP contribution >= 0.6 is 15.9 Å². The number of rotatable bonds is 5. The van der Waals surface area contributed by atoms with Crippen molar-refractivity contribution in [3.8, 4) is 0 Å². The molecule has 100 valence electrons. The summed E-state index contributed by atoms with van der Waals surface area (Å²) < 4.78 is 1.70. The minimum atomic E-state index is -0.235. The van der Waals surface area contributed by atoms with Crippen molar-refractivity contribution in [1.82, 2.24) is 14.9 Å². The first-order valence-electron chi connectivity index (χ1n) is 5.90. The van der Waals surface area contributed by atoms with E-state index in [1.807, 2.05) is 0 Å². The van der Waals surface area contributed by atoms with Crippen LogP contribution in [-0.4, -0.2) is 22.0 Å². The first-order chi connectivity index (χ1) is 8.41. The van der Waals surface area contributed by atoms with Crippen LogP contribution in [0.5, 0.6) is 0 Å². The summed E-state index contributed by atoms with van der Waals surface area (Å²) in [6, 6.07) is 0. The lowest BCUT2D eigenvalue weighted by atomic mass is 10.1. The van der Waals surface area contributed by atoms with E-state index in [4.69, 9.17) is 0 Å². The molecule has 1 heterocycles. The van der Waals surface area contributed by atoms with Gasteiger partial charge in [-0.1, -0.05) is 13.8 Å². The molecule has 6 heteroatoms. The van der Waals surface area contributed by atoms with Crippen LogP contribution in [0.15, 0.2) is 15.6 Å². The Kier molecular flexibility index (Phi) is 5.53. The molecule has 0 unspecified atom stereocenters. The maximum Gasteiger partial charge on any atom is 0.268 e. The highest BCUT2D eigenvalue weighted by Crippen LogP contribution is 2.05. The number of amides is 1. The molecule has 1 N–H and O–H groups in total. The van der Waals surface area contributed by atoms with E-state index in [1.54, 1.807) is 6.92 Å². The van der Waals surface area contributed by atoms with E-state index < -0.39 is 0 Å². The monoisotopic (exact) mass is 315 g/mol. The minimum absolute atomic E-state index is 0.00279. The Bertz CT molecular complexity index is 483. The van der Waals surface area contributed by atoms with Crippen LogP contribution in [0, 0.1) is 12.8 Å². The number of carbonyl (C=O) groups is 1. The molecule has 1 aromatic heterocycles. The molecule has 0 fully saturated rings. The second-order valence-corrected chi connectivity index (χ2v) is 5.40. The van der Waals surface area contributed by atoms with E-state index in [0.717, 1.165) is 6.42 Å². The van der Waals surface area contributed by atoms with Crippen molar-refractivity contribution >= 4 is 21.8 Å². The summed E-state index contributed by atoms with van der Waals surface area (Å²) in [4.78, 5) is 27.5. The second-order valence-electron chi connectivity index (χ2n) is 4.61. The van der Waals surface area contributed by atoms with Crippen LogP contribution < -0.4 is 10.9 Å². The summed E-state index contributed by atoms with van der Waals surface area (Å²) in [5, 5.41) is 2.78. The van der Waals surface area contributed by atoms with Gasteiger partial charge in [-0.05, 0) is 35.2 Å². The molecule has 0 aliphatic rings. The number of aryl methyl sites for hydroxylation is 1. The van der Waals surface area contributed by atoms with Crippen molar-refractivity contribution in [1.29, 1.82) is 0 Å². The van der Waals surface area contributed by atoms with Gasteiger partial charge >= 0.3 is 0 Å². The van der Waals surface area contributed by atoms with E-state index >= 15 is 0 Å². The smallest absolute Gasteiger partial charge is 0.268 e. The number of aromatic nitrogens is 2. The van der Waals surface area contributed by atoms with Crippen LogP contribution in [0.2, 0.25) is 0 Å². The number of hydrogen-bond acceptors (Lipinski definition) is 3. The third-order valence-electron chi connectivity index (χ3n) is 2.51. The van der Waals surface area contributed by atoms with E-state index in [9.17, 15) is 9.59 Å². The predicted molar refractivity (Wildman–Crippen MR) is 73.4 cm³/mol. The Labute approximate surface area is 115 Å². The summed E-state index contributed by atoms with van der Waals surface area (Å²) in [6.07, 6.45) is 2.32. The molecule has 0 bridgehead atoms. The molecule has 18 heavy (non-hydrogen) atoms. The van der Waals surface area contributed by atoms with Crippen molar-refractivity contribution in [3.05, 3.63) is 26.8 Å². The van der Waals surface area contributed by atoms with Crippen molar-refractivity contribution in [2.24, 2.45) is 5.92 Å². The fourth-order valence-corrected chi connectivity index (χ4v) is 1.70. The SMILES string of the molecule is Cc1ncn(CC(=O)NCCC(C)C)c(=O)c1Br. The van der Waals surface area contributed by atoms with Crippen LogP contribution in [0.4, 0.5) is 0 Å². The van der Waals surface area contributed by atoms with Crippen molar-refractivity contribution < 1.29 is 4.79 Å². The number of hydrogen-bond donors (Lipinski definition) is 1. The van der Waals surface area contributed by atoms with Gasteiger partial charge in [-0.2, -0.15) is 0 Å². The van der Waals surface area contributed by atoms with Gasteiger partial charge in [0.2, 0.25) is 5.91 Å². The molecule has 0 atom stereocenters. The van der Waals surface area contributed by atoms with Gasteiger partial charge in [0.15, 0.2) is 0 Å². The fourth-order valence-electron chi connectivity index (χ4n) is 1.37. The zero-order valence-electron chi connectivity index (χ0n) is 10.9. The van der Waals surface area contributed by atoms with Crippen molar-refractivity contribution in [2.45, 2.75) is 33.7 Å². The zero-order valence-corrected chi connectivity index (χ0v) is 12.5. The fraction of sp³-hybridized carbons (Fsp3) is 0.583. The van der Waals surface area contributed by atoms with Gasteiger partial charge in [0.05, 0.1) is 12.0 Å². The standard InChI is InChI=1S/C12H18BrN3O2/c1-8(2)4-5-14-10(17)6-16-7-15-9(3)11(13)12(16)18/h7-8H,4-6H2,1-3H3,(H,14,17). The van der Waals surface area contributed by atoms with Crippen molar-refractivity contribution in [2.75, 3.05) is 6.54 Å². The number of halogens is 1. The topological polar surface area (TPSA) is 64.0 Å². The predicted octanol–water partition coefficient (Wildman–Crippen LogP) is 1.48. The lowest BCUT2D eigenvalue weighted by Gasteiger charge is -2.09. The third kappa shape index (κ3) is 4.25. The molecule has 0 aromatic carbocycles. The average molecular weight is 316 g/mol. The molecule has 0 saturated heterocycles. The Hall–Kier alpha value is -1.17. The first-order valence-corrected chi connectivity index (χ1v) is 6.69. The molecule has 1 aromatic rings. The van der Waals surface area contributed by atoms with Crippen LogP contribution in [0.3, 0.4) is 0 Å². The molecule has 1 rings (SSSR count). The molecule has 5 nitrogen and oxygen atoms in total. The Morgan fingerprint density at radius 2 is 2.22 bits per heavy atom. The van der Waals surface area contributed by atoms with Gasteiger partial charge in [-0.15, -0.1) is 0 Å². The number of carbonyl (C=O) groups excluding carboxylic acids is 1. The summed E-state index contributed by atoms with van der Waals surface area (Å²) in [6.45, 7) is 6.56. The Morgan fingerprint density at radius 1 is 1.56 bits per heavy atom. The highest BCUT2D eigenvalue weighted by Gasteiger charge is 2.08. The normalized spacial score (nSPS) is 10.7. The summed E-state index contributed by atoms with van der Waals surface area (Å²) >= 11 is 3.16. The molecule has 1 amide bonds. The molecule has 0 aliphatic carbocycles. The lowest BCUT2D eigenvalue weighted by molar-refractivity contribution is -0.121. The first kappa shape index (κ1) is 14.9. The molecule has 0 saturated carbocycles. The summed E-state index contributed by atoms with van der Waals surface area (Å²) in [5.41, 5.74) is 0.387. The Balaban J connectivity index is 2.60. The Morgan fingerprint density at radius 3 is 2.83 bits per heavy atom. The second kappa shape index (κ2) is 6.68. The van der Waals surface area contributed by atoms with E-state index in [-0.39, 0.29) is 18.0 Å². The quantitative estimate of drug-likeness (QED) is 0.895. The van der Waals surface area contributed by atoms with Crippen LogP contribution in [0.1, 0.15) is 26.0 Å². The molecular weight excluding hydrogens is 298 g/mol. The lowest BCUT2D eigenvalue weighted by Crippen LogP contribution is -2.33. The summed E-state index contributed by atoms with van der Waals surface area (Å²) in [5.74, 6) is 0.374. The van der Waals surface area contributed by atoms with Gasteiger partial charge in [0.25, 0.3) is 5.56 Å². The molecule has 0 radical (unpaired) electrons. The van der Waals surface area contributed by atoms with Gasteiger partial charge in [-0.25, -0.2) is 4.98 Å². The maximum atomic E-state index is 11.8. The molecular formula is C12H18BrN3O2. The minimum Gasteiger partial charge on any atom is -0.355 e. The molecule has 0 spiro atoms. The number of nitrogens with zero attached hydrogens (tertiary/aromatic N) is 2. The highest BCUT2D eigenvalue weighted by molar-refractivity contribution is 9.10. The van der Waals surface area contributed by atoms with Crippen molar-refractivity contribution in [3.63, 3.8) is 0 Å². The van der Waals surface area contributed by atoms with Gasteiger partial charge in [-0.3, -0.25) is 14.2 Å². The largest absolute Gasteiger partial charge is 0.355 e. The van der Waals surface area contributed by atoms with Crippen LogP contribution in [0.25, 0.3) is 0 Å². The average Bonchev–Trinajstić information content (AvgIpc) is 2.29. The third-order valence-corrected chi connectivity index (χ3v) is 3.43. The maximum absolute atomic E-state index is 11.8. The highest BCUT2D eigenvalue weighted by atomic mass is 79.9. The van der Waals surface area contributed by atoms with Gasteiger partial charge in [0.1, 0.15) is 11.0 Å². The van der Waals surface area contributed by atoms with Gasteiger partial charge < -0.3 is 5.32 Å². The van der Waals surface area contributed by atoms with E-state index in [0.29, 0.717) is 22.6 Å². The number of nitrogens with one attached hydrogen (secondary N) is 1.